The zero-order valence-electron chi connectivity index (χ0n) is 12.5. The van der Waals surface area contributed by atoms with Gasteiger partial charge in [-0.05, 0) is 37.6 Å². The van der Waals surface area contributed by atoms with Gasteiger partial charge in [0.25, 0.3) is 0 Å². The molecule has 0 radical (unpaired) electrons. The smallest absolute Gasteiger partial charge is 0.243 e. The van der Waals surface area contributed by atoms with E-state index in [1.54, 1.807) is 6.92 Å². The lowest BCUT2D eigenvalue weighted by Crippen LogP contribution is -2.43. The lowest BCUT2D eigenvalue weighted by Gasteiger charge is -2.21. The normalized spacial score (nSPS) is 13.2. The standard InChI is InChI=1S/C14H21ClN2O3S/c1-4-11(3)16-14(18)10-17(5-2)21(19,20)13-8-6-12(15)7-9-13/h6-9,11H,4-5,10H2,1-3H3,(H,16,18)/t11-/m0/s1. The number of nitrogens with zero attached hydrogens (tertiary/aromatic N) is 1. The first-order valence-electron chi connectivity index (χ1n) is 6.86. The highest BCUT2D eigenvalue weighted by molar-refractivity contribution is 7.89. The van der Waals surface area contributed by atoms with Crippen molar-refractivity contribution in [3.8, 4) is 0 Å². The molecule has 0 spiro atoms. The van der Waals surface area contributed by atoms with Crippen LogP contribution in [0.2, 0.25) is 5.02 Å². The van der Waals surface area contributed by atoms with E-state index in [1.165, 1.54) is 24.3 Å². The summed E-state index contributed by atoms with van der Waals surface area (Å²) >= 11 is 5.76. The average molecular weight is 333 g/mol. The zero-order chi connectivity index (χ0) is 16.0. The van der Waals surface area contributed by atoms with E-state index in [2.05, 4.69) is 5.32 Å². The van der Waals surface area contributed by atoms with Gasteiger partial charge in [-0.3, -0.25) is 4.79 Å². The molecule has 118 valence electrons. The molecule has 0 aliphatic carbocycles. The maximum Gasteiger partial charge on any atom is 0.243 e. The highest BCUT2D eigenvalue weighted by Gasteiger charge is 2.25. The maximum atomic E-state index is 12.5. The predicted octanol–water partition coefficient (Wildman–Crippen LogP) is 2.27. The second-order valence-electron chi connectivity index (χ2n) is 4.76. The van der Waals surface area contributed by atoms with Gasteiger partial charge in [-0.1, -0.05) is 25.4 Å². The molecule has 0 aliphatic rings. The van der Waals surface area contributed by atoms with E-state index in [-0.39, 0.29) is 29.9 Å². The fourth-order valence-electron chi connectivity index (χ4n) is 1.71. The molecule has 0 saturated heterocycles. The quantitative estimate of drug-likeness (QED) is 0.833. The molecule has 1 amide bonds. The van der Waals surface area contributed by atoms with Gasteiger partial charge in [-0.15, -0.1) is 0 Å². The minimum Gasteiger partial charge on any atom is -0.353 e. The summed E-state index contributed by atoms with van der Waals surface area (Å²) in [5.41, 5.74) is 0. The first-order valence-corrected chi connectivity index (χ1v) is 8.68. The number of carbonyl (C=O) groups excluding carboxylic acids is 1. The van der Waals surface area contributed by atoms with E-state index >= 15 is 0 Å². The van der Waals surface area contributed by atoms with Crippen molar-refractivity contribution in [3.05, 3.63) is 29.3 Å². The molecule has 5 nitrogen and oxygen atoms in total. The summed E-state index contributed by atoms with van der Waals surface area (Å²) in [4.78, 5) is 12.0. The Labute approximate surface area is 131 Å². The molecular formula is C14H21ClN2O3S. The van der Waals surface area contributed by atoms with Crippen LogP contribution in [-0.4, -0.2) is 37.8 Å². The Bertz CT molecular complexity index is 572. The second-order valence-corrected chi connectivity index (χ2v) is 7.14. The van der Waals surface area contributed by atoms with E-state index < -0.39 is 10.0 Å². The van der Waals surface area contributed by atoms with Gasteiger partial charge < -0.3 is 5.32 Å². The third-order valence-electron chi connectivity index (χ3n) is 3.14. The largest absolute Gasteiger partial charge is 0.353 e. The first kappa shape index (κ1) is 17.9. The topological polar surface area (TPSA) is 66.5 Å². The van der Waals surface area contributed by atoms with Gasteiger partial charge in [0.2, 0.25) is 15.9 Å². The van der Waals surface area contributed by atoms with Crippen LogP contribution in [0.4, 0.5) is 0 Å². The molecule has 1 atom stereocenters. The van der Waals surface area contributed by atoms with Gasteiger partial charge >= 0.3 is 0 Å². The van der Waals surface area contributed by atoms with Gasteiger partial charge in [0, 0.05) is 17.6 Å². The van der Waals surface area contributed by atoms with Gasteiger partial charge in [0.1, 0.15) is 0 Å². The zero-order valence-corrected chi connectivity index (χ0v) is 14.0. The highest BCUT2D eigenvalue weighted by atomic mass is 35.5. The van der Waals surface area contributed by atoms with Crippen molar-refractivity contribution in [2.75, 3.05) is 13.1 Å². The van der Waals surface area contributed by atoms with Crippen LogP contribution in [0.1, 0.15) is 27.2 Å². The van der Waals surface area contributed by atoms with Crippen LogP contribution >= 0.6 is 11.6 Å². The minimum atomic E-state index is -3.69. The van der Waals surface area contributed by atoms with Crippen LogP contribution in [0.25, 0.3) is 0 Å². The Morgan fingerprint density at radius 1 is 1.29 bits per heavy atom. The van der Waals surface area contributed by atoms with Gasteiger partial charge in [-0.25, -0.2) is 8.42 Å². The van der Waals surface area contributed by atoms with Crippen LogP contribution in [0.15, 0.2) is 29.2 Å². The lowest BCUT2D eigenvalue weighted by atomic mass is 10.2. The van der Waals surface area contributed by atoms with Crippen molar-refractivity contribution >= 4 is 27.5 Å². The van der Waals surface area contributed by atoms with Crippen molar-refractivity contribution in [2.45, 2.75) is 38.1 Å². The van der Waals surface area contributed by atoms with Crippen LogP contribution < -0.4 is 5.32 Å². The van der Waals surface area contributed by atoms with Gasteiger partial charge in [0.05, 0.1) is 11.4 Å². The molecule has 0 fully saturated rings. The number of hydrogen-bond donors (Lipinski definition) is 1. The molecule has 21 heavy (non-hydrogen) atoms. The third kappa shape index (κ3) is 4.98. The summed E-state index contributed by atoms with van der Waals surface area (Å²) in [6.45, 7) is 5.56. The number of sulfonamides is 1. The number of likely N-dealkylation sites (N-methyl/N-ethyl adjacent to an activating group) is 1. The SMILES string of the molecule is CC[C@H](C)NC(=O)CN(CC)S(=O)(=O)c1ccc(Cl)cc1. The van der Waals surface area contributed by atoms with Crippen LogP contribution in [-0.2, 0) is 14.8 Å². The Morgan fingerprint density at radius 2 is 1.86 bits per heavy atom. The van der Waals surface area contributed by atoms with Crippen molar-refractivity contribution < 1.29 is 13.2 Å². The number of amides is 1. The molecule has 0 aliphatic heterocycles. The molecular weight excluding hydrogens is 312 g/mol. The number of carbonyl (C=O) groups is 1. The molecule has 1 aromatic rings. The minimum absolute atomic E-state index is 0.0226. The summed E-state index contributed by atoms with van der Waals surface area (Å²) in [6, 6.07) is 5.93. The van der Waals surface area contributed by atoms with Crippen molar-refractivity contribution in [2.24, 2.45) is 0 Å². The van der Waals surface area contributed by atoms with E-state index in [4.69, 9.17) is 11.6 Å². The number of rotatable bonds is 7. The first-order chi connectivity index (χ1) is 9.81. The maximum absolute atomic E-state index is 12.5. The summed E-state index contributed by atoms with van der Waals surface area (Å²) in [5, 5.41) is 3.23. The van der Waals surface area contributed by atoms with E-state index in [1.807, 2.05) is 13.8 Å². The monoisotopic (exact) mass is 332 g/mol. The molecule has 7 heteroatoms. The summed E-state index contributed by atoms with van der Waals surface area (Å²) in [5.74, 6) is -0.302. The molecule has 0 aromatic heterocycles. The molecule has 1 N–H and O–H groups in total. The Kier molecular flexibility index (Phi) is 6.64. The number of nitrogens with one attached hydrogen (secondary N) is 1. The Balaban J connectivity index is 2.88. The van der Waals surface area contributed by atoms with Crippen molar-refractivity contribution in [3.63, 3.8) is 0 Å². The van der Waals surface area contributed by atoms with Crippen molar-refractivity contribution in [1.29, 1.82) is 0 Å². The molecule has 0 heterocycles. The fourth-order valence-corrected chi connectivity index (χ4v) is 3.24. The van der Waals surface area contributed by atoms with E-state index in [0.29, 0.717) is 5.02 Å². The summed E-state index contributed by atoms with van der Waals surface area (Å²) in [7, 11) is -3.69. The summed E-state index contributed by atoms with van der Waals surface area (Å²) < 4.78 is 26.1. The molecule has 0 unspecified atom stereocenters. The third-order valence-corrected chi connectivity index (χ3v) is 5.33. The van der Waals surface area contributed by atoms with Crippen molar-refractivity contribution in [1.82, 2.24) is 9.62 Å². The highest BCUT2D eigenvalue weighted by Crippen LogP contribution is 2.18. The van der Waals surface area contributed by atoms with Gasteiger partial charge in [-0.2, -0.15) is 4.31 Å². The van der Waals surface area contributed by atoms with Crippen LogP contribution in [0.3, 0.4) is 0 Å². The Morgan fingerprint density at radius 3 is 2.33 bits per heavy atom. The number of hydrogen-bond acceptors (Lipinski definition) is 3. The summed E-state index contributed by atoms with van der Waals surface area (Å²) in [6.07, 6.45) is 0.793. The second kappa shape index (κ2) is 7.77. The Hall–Kier alpha value is -1.11. The van der Waals surface area contributed by atoms with E-state index in [9.17, 15) is 13.2 Å². The average Bonchev–Trinajstić information content (AvgIpc) is 2.44. The predicted molar refractivity (Wildman–Crippen MR) is 83.8 cm³/mol. The van der Waals surface area contributed by atoms with Crippen LogP contribution in [0.5, 0.6) is 0 Å². The molecule has 1 rings (SSSR count). The molecule has 0 saturated carbocycles. The van der Waals surface area contributed by atoms with Crippen LogP contribution in [0, 0.1) is 0 Å². The molecule has 1 aromatic carbocycles. The van der Waals surface area contributed by atoms with E-state index in [0.717, 1.165) is 10.7 Å². The number of benzene rings is 1. The fraction of sp³-hybridized carbons (Fsp3) is 0.500. The number of halogens is 1. The lowest BCUT2D eigenvalue weighted by molar-refractivity contribution is -0.121. The molecule has 0 bridgehead atoms. The van der Waals surface area contributed by atoms with Gasteiger partial charge in [0.15, 0.2) is 0 Å².